The van der Waals surface area contributed by atoms with E-state index in [0.717, 1.165) is 5.56 Å². The van der Waals surface area contributed by atoms with Crippen LogP contribution in [0.5, 0.6) is 0 Å². The normalized spacial score (nSPS) is 18.4. The average Bonchev–Trinajstić information content (AvgIpc) is 2.92. The average molecular weight is 552 g/mol. The molecular formula is C27H33BN4O8. The number of nitrogens with zero attached hydrogens (tertiary/aromatic N) is 2. The minimum atomic E-state index is -2.11. The van der Waals surface area contributed by atoms with Gasteiger partial charge in [0.1, 0.15) is 17.5 Å². The highest BCUT2D eigenvalue weighted by Gasteiger charge is 2.54. The Morgan fingerprint density at radius 2 is 1.85 bits per heavy atom. The van der Waals surface area contributed by atoms with Gasteiger partial charge in [-0.05, 0) is 17.9 Å². The standard InChI is InChI=1S/C27H33BN4O8/c1-4-19(33)14-27(26(37)38)15-23(34)39-28(40-27)22(12-17(2)3)32-24(35)20(13-18-8-6-5-7-9-18)31-25(36)21-16-29-10-11-30-21/h5-11,16-17,20,22H,4,12-15H2,1-3H3,(H,31,36)(H,32,35)(H,37,38)/t20-,22-,27+/m0/s1. The van der Waals surface area contributed by atoms with Gasteiger partial charge in [0, 0.05) is 31.7 Å². The first-order valence-electron chi connectivity index (χ1n) is 13.1. The lowest BCUT2D eigenvalue weighted by Gasteiger charge is -2.38. The third-order valence-electron chi connectivity index (χ3n) is 6.37. The van der Waals surface area contributed by atoms with Crippen LogP contribution in [0.4, 0.5) is 0 Å². The van der Waals surface area contributed by atoms with Crippen LogP contribution in [0.2, 0.25) is 0 Å². The van der Waals surface area contributed by atoms with Gasteiger partial charge in [-0.15, -0.1) is 0 Å². The van der Waals surface area contributed by atoms with Crippen molar-refractivity contribution in [3.8, 4) is 0 Å². The van der Waals surface area contributed by atoms with Crippen molar-refractivity contribution in [1.82, 2.24) is 20.6 Å². The number of hydrogen-bond acceptors (Lipinski definition) is 9. The van der Waals surface area contributed by atoms with Crippen LogP contribution in [0, 0.1) is 5.92 Å². The Bertz CT molecular complexity index is 1210. The maximum absolute atomic E-state index is 13.6. The number of ketones is 1. The second-order valence-electron chi connectivity index (χ2n) is 10.1. The third-order valence-corrected chi connectivity index (χ3v) is 6.37. The van der Waals surface area contributed by atoms with Crippen LogP contribution in [0.3, 0.4) is 0 Å². The molecule has 2 heterocycles. The van der Waals surface area contributed by atoms with Gasteiger partial charge in [0.05, 0.1) is 18.6 Å². The molecular weight excluding hydrogens is 519 g/mol. The topological polar surface area (TPSA) is 174 Å². The Morgan fingerprint density at radius 1 is 1.12 bits per heavy atom. The molecule has 1 aromatic heterocycles. The van der Waals surface area contributed by atoms with Gasteiger partial charge in [-0.3, -0.25) is 24.2 Å². The van der Waals surface area contributed by atoms with Gasteiger partial charge < -0.3 is 25.0 Å². The summed E-state index contributed by atoms with van der Waals surface area (Å²) in [5, 5.41) is 15.4. The number of carbonyl (C=O) groups is 5. The number of carboxylic acids is 1. The van der Waals surface area contributed by atoms with Crippen LogP contribution in [0.25, 0.3) is 0 Å². The number of nitrogens with one attached hydrogen (secondary N) is 2. The lowest BCUT2D eigenvalue weighted by atomic mass is 9.70. The highest BCUT2D eigenvalue weighted by molar-refractivity contribution is 6.50. The van der Waals surface area contributed by atoms with E-state index in [1.165, 1.54) is 18.6 Å². The molecule has 3 N–H and O–H groups in total. The van der Waals surface area contributed by atoms with Crippen LogP contribution in [-0.4, -0.2) is 69.3 Å². The second kappa shape index (κ2) is 13.8. The monoisotopic (exact) mass is 552 g/mol. The summed E-state index contributed by atoms with van der Waals surface area (Å²) >= 11 is 0. The summed E-state index contributed by atoms with van der Waals surface area (Å²) < 4.78 is 11.2. The Kier molecular flexibility index (Phi) is 10.5. The number of benzene rings is 1. The summed E-state index contributed by atoms with van der Waals surface area (Å²) in [4.78, 5) is 71.3. The molecule has 1 saturated heterocycles. The fourth-order valence-corrected chi connectivity index (χ4v) is 4.34. The van der Waals surface area contributed by atoms with E-state index in [2.05, 4.69) is 20.6 Å². The number of aromatic nitrogens is 2. The predicted molar refractivity (Wildman–Crippen MR) is 143 cm³/mol. The van der Waals surface area contributed by atoms with Gasteiger partial charge in [-0.1, -0.05) is 51.1 Å². The van der Waals surface area contributed by atoms with Crippen LogP contribution in [0.1, 0.15) is 62.5 Å². The van der Waals surface area contributed by atoms with E-state index in [0.29, 0.717) is 0 Å². The summed E-state index contributed by atoms with van der Waals surface area (Å²) in [5.74, 6) is -4.96. The van der Waals surface area contributed by atoms with Gasteiger partial charge in [-0.25, -0.2) is 9.78 Å². The molecule has 0 bridgehead atoms. The minimum absolute atomic E-state index is 0.0171. The first-order chi connectivity index (χ1) is 19.0. The molecule has 40 heavy (non-hydrogen) atoms. The van der Waals surface area contributed by atoms with Crippen molar-refractivity contribution in [2.45, 2.75) is 70.5 Å². The Hall–Kier alpha value is -4.13. The van der Waals surface area contributed by atoms with Crippen molar-refractivity contribution in [1.29, 1.82) is 0 Å². The molecule has 3 rings (SSSR count). The quantitative estimate of drug-likeness (QED) is 0.309. The predicted octanol–water partition coefficient (Wildman–Crippen LogP) is 1.53. The van der Waals surface area contributed by atoms with Crippen LogP contribution >= 0.6 is 0 Å². The van der Waals surface area contributed by atoms with Gasteiger partial charge in [0.2, 0.25) is 5.91 Å². The number of carbonyl (C=O) groups excluding carboxylic acids is 4. The van der Waals surface area contributed by atoms with E-state index >= 15 is 0 Å². The first-order valence-corrected chi connectivity index (χ1v) is 13.1. The molecule has 3 atom stereocenters. The zero-order valence-electron chi connectivity index (χ0n) is 22.7. The van der Waals surface area contributed by atoms with Crippen molar-refractivity contribution in [3.63, 3.8) is 0 Å². The largest absolute Gasteiger partial charge is 0.552 e. The van der Waals surface area contributed by atoms with Crippen LogP contribution in [0.15, 0.2) is 48.9 Å². The van der Waals surface area contributed by atoms with Crippen molar-refractivity contribution in [2.75, 3.05) is 0 Å². The molecule has 1 aromatic carbocycles. The zero-order chi connectivity index (χ0) is 29.3. The highest BCUT2D eigenvalue weighted by Crippen LogP contribution is 2.30. The zero-order valence-corrected chi connectivity index (χ0v) is 22.7. The maximum Gasteiger partial charge on any atom is 0.552 e. The van der Waals surface area contributed by atoms with Crippen molar-refractivity contribution in [3.05, 3.63) is 60.2 Å². The van der Waals surface area contributed by atoms with Crippen molar-refractivity contribution < 1.29 is 38.4 Å². The molecule has 0 spiro atoms. The Morgan fingerprint density at radius 3 is 2.45 bits per heavy atom. The Balaban J connectivity index is 1.88. The van der Waals surface area contributed by atoms with E-state index < -0.39 is 67.1 Å². The smallest absolute Gasteiger partial charge is 0.508 e. The number of aliphatic carboxylic acids is 1. The van der Waals surface area contributed by atoms with Crippen molar-refractivity contribution in [2.24, 2.45) is 5.92 Å². The summed E-state index contributed by atoms with van der Waals surface area (Å²) in [5.41, 5.74) is -1.33. The summed E-state index contributed by atoms with van der Waals surface area (Å²) in [6.45, 7) is 5.32. The maximum atomic E-state index is 13.6. The summed E-state index contributed by atoms with van der Waals surface area (Å²) in [6.07, 6.45) is 3.32. The lowest BCUT2D eigenvalue weighted by Crippen LogP contribution is -2.62. The third kappa shape index (κ3) is 8.19. The number of amides is 2. The van der Waals surface area contributed by atoms with Gasteiger partial charge in [-0.2, -0.15) is 0 Å². The molecule has 0 unspecified atom stereocenters. The van der Waals surface area contributed by atoms with E-state index in [1.54, 1.807) is 31.2 Å². The second-order valence-corrected chi connectivity index (χ2v) is 10.1. The fourth-order valence-electron chi connectivity index (χ4n) is 4.34. The molecule has 1 aliphatic rings. The highest BCUT2D eigenvalue weighted by atomic mass is 16.6. The molecule has 0 saturated carbocycles. The number of rotatable bonds is 13. The van der Waals surface area contributed by atoms with E-state index in [9.17, 15) is 29.1 Å². The molecule has 0 radical (unpaired) electrons. The molecule has 0 aliphatic carbocycles. The summed E-state index contributed by atoms with van der Waals surface area (Å²) in [6, 6.07) is 7.96. The molecule has 12 nitrogen and oxygen atoms in total. The number of Topliss-reactive ketones (excluding diaryl/α,β-unsaturated/α-hetero) is 1. The Labute approximate surface area is 232 Å². The van der Waals surface area contributed by atoms with Crippen LogP contribution in [-0.2, 0) is 34.9 Å². The van der Waals surface area contributed by atoms with Crippen LogP contribution < -0.4 is 10.6 Å². The summed E-state index contributed by atoms with van der Waals surface area (Å²) in [7, 11) is -1.47. The SMILES string of the molecule is CCC(=O)C[C@]1(C(=O)O)CC(=O)OB([C@H](CC(C)C)NC(=O)[C@H](Cc2ccccc2)NC(=O)c2cnccn2)O1. The number of hydrogen-bond donors (Lipinski definition) is 3. The van der Waals surface area contributed by atoms with Gasteiger partial charge in [0.25, 0.3) is 11.9 Å². The molecule has 1 fully saturated rings. The fraction of sp³-hybridized carbons (Fsp3) is 0.444. The number of carboxylic acid groups (broad SMARTS) is 1. The molecule has 212 valence electrons. The van der Waals surface area contributed by atoms with E-state index in [1.807, 2.05) is 19.9 Å². The molecule has 2 amide bonds. The van der Waals surface area contributed by atoms with E-state index in [-0.39, 0.29) is 30.9 Å². The molecule has 2 aromatic rings. The molecule has 1 aliphatic heterocycles. The lowest BCUT2D eigenvalue weighted by molar-refractivity contribution is -0.172. The molecule has 13 heteroatoms. The van der Waals surface area contributed by atoms with Crippen molar-refractivity contribution >= 4 is 36.7 Å². The first kappa shape index (κ1) is 30.4. The van der Waals surface area contributed by atoms with E-state index in [4.69, 9.17) is 9.31 Å². The minimum Gasteiger partial charge on any atom is -0.508 e. The van der Waals surface area contributed by atoms with Gasteiger partial charge in [0.15, 0.2) is 5.60 Å². The van der Waals surface area contributed by atoms with Gasteiger partial charge >= 0.3 is 13.1 Å².